The van der Waals surface area contributed by atoms with E-state index >= 15 is 0 Å². The van der Waals surface area contributed by atoms with E-state index in [4.69, 9.17) is 0 Å². The average Bonchev–Trinajstić information content (AvgIpc) is 2.46. The van der Waals surface area contributed by atoms with Crippen LogP contribution in [0.5, 0.6) is 0 Å². The minimum absolute atomic E-state index is 0.0178. The Morgan fingerprint density at radius 3 is 2.62 bits per heavy atom. The molecule has 110 valence electrons. The van der Waals surface area contributed by atoms with Crippen LogP contribution in [-0.2, 0) is 17.8 Å². The van der Waals surface area contributed by atoms with Crippen LogP contribution >= 0.6 is 0 Å². The molecule has 1 aromatic carbocycles. The number of hydrogen-bond acceptors (Lipinski definition) is 1. The largest absolute Gasteiger partial charge is 0.350 e. The first-order valence-corrected chi connectivity index (χ1v) is 7.03. The lowest BCUT2D eigenvalue weighted by Gasteiger charge is -2.05. The van der Waals surface area contributed by atoms with Gasteiger partial charge in [-0.1, -0.05) is 12.1 Å². The predicted octanol–water partition coefficient (Wildman–Crippen LogP) is 2.09. The van der Waals surface area contributed by atoms with Gasteiger partial charge in [0.15, 0.2) is 11.9 Å². The Bertz CT molecular complexity index is 623. The molecule has 0 bridgehead atoms. The van der Waals surface area contributed by atoms with Crippen molar-refractivity contribution in [1.29, 1.82) is 0 Å². The van der Waals surface area contributed by atoms with E-state index in [1.807, 2.05) is 36.7 Å². The number of carbonyl (C=O) groups excluding carboxylic acids is 1. The summed E-state index contributed by atoms with van der Waals surface area (Å²) in [5, 5.41) is 2.89. The van der Waals surface area contributed by atoms with Gasteiger partial charge in [-0.05, 0) is 37.1 Å². The van der Waals surface area contributed by atoms with Gasteiger partial charge in [0, 0.05) is 25.1 Å². The molecule has 0 unspecified atom stereocenters. The SMILES string of the molecule is Cc1ccc[n+](CC(=O)NCCc2ccc(F)cc2)c1C. The van der Waals surface area contributed by atoms with Crippen LogP contribution in [0.25, 0.3) is 0 Å². The third kappa shape index (κ3) is 4.38. The summed E-state index contributed by atoms with van der Waals surface area (Å²) < 4.78 is 14.7. The van der Waals surface area contributed by atoms with E-state index in [1.54, 1.807) is 12.1 Å². The van der Waals surface area contributed by atoms with E-state index < -0.39 is 0 Å². The third-order valence-electron chi connectivity index (χ3n) is 3.58. The molecule has 0 aliphatic rings. The summed E-state index contributed by atoms with van der Waals surface area (Å²) >= 11 is 0. The van der Waals surface area contributed by atoms with E-state index in [0.717, 1.165) is 16.8 Å². The van der Waals surface area contributed by atoms with Crippen molar-refractivity contribution >= 4 is 5.91 Å². The normalized spacial score (nSPS) is 10.4. The highest BCUT2D eigenvalue weighted by Crippen LogP contribution is 2.02. The Hall–Kier alpha value is -2.23. The van der Waals surface area contributed by atoms with Crippen molar-refractivity contribution in [2.75, 3.05) is 6.54 Å². The molecular formula is C17H20FN2O+. The topological polar surface area (TPSA) is 33.0 Å². The van der Waals surface area contributed by atoms with Crippen LogP contribution in [0.1, 0.15) is 16.8 Å². The Morgan fingerprint density at radius 1 is 1.19 bits per heavy atom. The minimum Gasteiger partial charge on any atom is -0.350 e. The molecule has 0 atom stereocenters. The van der Waals surface area contributed by atoms with Crippen molar-refractivity contribution in [2.45, 2.75) is 26.8 Å². The standard InChI is InChI=1S/C17H19FN2O/c1-13-4-3-11-20(14(13)2)12-17(21)19-10-9-15-5-7-16(18)8-6-15/h3-8,11H,9-10,12H2,1-2H3/p+1. The van der Waals surface area contributed by atoms with Crippen LogP contribution in [0.15, 0.2) is 42.6 Å². The number of benzene rings is 1. The molecule has 0 saturated heterocycles. The zero-order chi connectivity index (χ0) is 15.2. The number of carbonyl (C=O) groups is 1. The van der Waals surface area contributed by atoms with Crippen molar-refractivity contribution in [1.82, 2.24) is 5.32 Å². The van der Waals surface area contributed by atoms with Crippen LogP contribution in [-0.4, -0.2) is 12.5 Å². The molecule has 1 N–H and O–H groups in total. The van der Waals surface area contributed by atoms with Gasteiger partial charge in [0.25, 0.3) is 5.91 Å². The molecule has 0 radical (unpaired) electrons. The lowest BCUT2D eigenvalue weighted by atomic mass is 10.1. The van der Waals surface area contributed by atoms with Gasteiger partial charge in [0.2, 0.25) is 6.54 Å². The molecule has 1 aromatic heterocycles. The number of aryl methyl sites for hydroxylation is 1. The smallest absolute Gasteiger partial charge is 0.286 e. The summed E-state index contributed by atoms with van der Waals surface area (Å²) in [6.07, 6.45) is 2.60. The molecule has 2 aromatic rings. The fourth-order valence-electron chi connectivity index (χ4n) is 2.13. The van der Waals surface area contributed by atoms with Gasteiger partial charge < -0.3 is 5.32 Å². The van der Waals surface area contributed by atoms with Crippen LogP contribution in [0.4, 0.5) is 4.39 Å². The summed E-state index contributed by atoms with van der Waals surface area (Å²) in [7, 11) is 0. The molecular weight excluding hydrogens is 267 g/mol. The summed E-state index contributed by atoms with van der Waals surface area (Å²) in [5.74, 6) is -0.259. The van der Waals surface area contributed by atoms with Crippen molar-refractivity contribution in [3.63, 3.8) is 0 Å². The summed E-state index contributed by atoms with van der Waals surface area (Å²) in [5.41, 5.74) is 3.26. The maximum atomic E-state index is 12.8. The molecule has 4 heteroatoms. The number of nitrogens with zero attached hydrogens (tertiary/aromatic N) is 1. The zero-order valence-corrected chi connectivity index (χ0v) is 12.4. The lowest BCUT2D eigenvalue weighted by Crippen LogP contribution is -2.45. The fraction of sp³-hybridized carbons (Fsp3) is 0.294. The maximum Gasteiger partial charge on any atom is 0.286 e. The lowest BCUT2D eigenvalue weighted by molar-refractivity contribution is -0.690. The number of halogens is 1. The van der Waals surface area contributed by atoms with Crippen LogP contribution in [0.3, 0.4) is 0 Å². The highest BCUT2D eigenvalue weighted by molar-refractivity contribution is 5.74. The van der Waals surface area contributed by atoms with Crippen molar-refractivity contribution in [3.05, 3.63) is 65.2 Å². The molecule has 21 heavy (non-hydrogen) atoms. The quantitative estimate of drug-likeness (QED) is 0.839. The van der Waals surface area contributed by atoms with Crippen molar-refractivity contribution in [2.24, 2.45) is 0 Å². The second kappa shape index (κ2) is 6.97. The van der Waals surface area contributed by atoms with Gasteiger partial charge >= 0.3 is 0 Å². The van der Waals surface area contributed by atoms with E-state index in [2.05, 4.69) is 5.32 Å². The Labute approximate surface area is 124 Å². The summed E-state index contributed by atoms with van der Waals surface area (Å²) in [6.45, 7) is 4.90. The van der Waals surface area contributed by atoms with Gasteiger partial charge in [0.05, 0.1) is 0 Å². The molecule has 0 fully saturated rings. The molecule has 2 rings (SSSR count). The number of rotatable bonds is 5. The van der Waals surface area contributed by atoms with Gasteiger partial charge in [-0.2, -0.15) is 4.57 Å². The Morgan fingerprint density at radius 2 is 1.90 bits per heavy atom. The van der Waals surface area contributed by atoms with E-state index in [1.165, 1.54) is 12.1 Å². The van der Waals surface area contributed by atoms with Crippen molar-refractivity contribution in [3.8, 4) is 0 Å². The Balaban J connectivity index is 1.82. The maximum absolute atomic E-state index is 12.8. The molecule has 0 spiro atoms. The van der Waals surface area contributed by atoms with Crippen LogP contribution < -0.4 is 9.88 Å². The molecule has 1 heterocycles. The predicted molar refractivity (Wildman–Crippen MR) is 79.2 cm³/mol. The molecule has 0 aliphatic carbocycles. The summed E-state index contributed by atoms with van der Waals surface area (Å²) in [6, 6.07) is 10.3. The highest BCUT2D eigenvalue weighted by Gasteiger charge is 2.12. The van der Waals surface area contributed by atoms with Crippen LogP contribution in [0, 0.1) is 19.7 Å². The molecule has 3 nitrogen and oxygen atoms in total. The van der Waals surface area contributed by atoms with Crippen LogP contribution in [0.2, 0.25) is 0 Å². The first-order valence-electron chi connectivity index (χ1n) is 7.03. The molecule has 0 aliphatic heterocycles. The van der Waals surface area contributed by atoms with Crippen molar-refractivity contribution < 1.29 is 13.8 Å². The number of amides is 1. The zero-order valence-electron chi connectivity index (χ0n) is 12.4. The minimum atomic E-state index is -0.242. The molecule has 1 amide bonds. The van der Waals surface area contributed by atoms with Gasteiger partial charge in [-0.25, -0.2) is 4.39 Å². The average molecular weight is 287 g/mol. The first kappa shape index (κ1) is 15.2. The number of nitrogens with one attached hydrogen (secondary N) is 1. The number of aromatic nitrogens is 1. The first-order chi connectivity index (χ1) is 10.1. The van der Waals surface area contributed by atoms with Gasteiger partial charge in [-0.15, -0.1) is 0 Å². The van der Waals surface area contributed by atoms with E-state index in [-0.39, 0.29) is 11.7 Å². The van der Waals surface area contributed by atoms with Gasteiger partial charge in [-0.3, -0.25) is 4.79 Å². The fourth-order valence-corrected chi connectivity index (χ4v) is 2.13. The van der Waals surface area contributed by atoms with E-state index in [9.17, 15) is 9.18 Å². The molecule has 0 saturated carbocycles. The second-order valence-corrected chi connectivity index (χ2v) is 5.13. The van der Waals surface area contributed by atoms with E-state index in [0.29, 0.717) is 19.5 Å². The second-order valence-electron chi connectivity index (χ2n) is 5.13. The number of pyridine rings is 1. The third-order valence-corrected chi connectivity index (χ3v) is 3.58. The highest BCUT2D eigenvalue weighted by atomic mass is 19.1. The number of hydrogen-bond donors (Lipinski definition) is 1. The monoisotopic (exact) mass is 287 g/mol. The Kier molecular flexibility index (Phi) is 5.04. The van der Waals surface area contributed by atoms with Gasteiger partial charge in [0.1, 0.15) is 5.82 Å². The summed E-state index contributed by atoms with van der Waals surface area (Å²) in [4.78, 5) is 11.9.